The second kappa shape index (κ2) is 17.6. The maximum atomic E-state index is 11.7. The number of aliphatic hydroxyl groups is 1. The quantitative estimate of drug-likeness (QED) is 0.0843. The van der Waals surface area contributed by atoms with Crippen LogP contribution in [0.1, 0.15) is 85.4 Å². The Labute approximate surface area is 321 Å². The molecular weight excluding hydrogens is 827 g/mol. The van der Waals surface area contributed by atoms with Gasteiger partial charge in [-0.3, -0.25) is 14.8 Å². The van der Waals surface area contributed by atoms with E-state index in [9.17, 15) is 9.90 Å². The first-order valence-electron chi connectivity index (χ1n) is 17.9. The molecule has 6 aromatic rings. The minimum absolute atomic E-state index is 0. The van der Waals surface area contributed by atoms with E-state index in [2.05, 4.69) is 97.5 Å². The van der Waals surface area contributed by atoms with Crippen LogP contribution in [0.3, 0.4) is 0 Å². The van der Waals surface area contributed by atoms with Gasteiger partial charge in [-0.2, -0.15) is 0 Å². The minimum Gasteiger partial charge on any atom is -0.512 e. The molecule has 51 heavy (non-hydrogen) atoms. The van der Waals surface area contributed by atoms with Crippen LogP contribution in [0.4, 0.5) is 0 Å². The average molecular weight is 877 g/mol. The van der Waals surface area contributed by atoms with Crippen molar-refractivity contribution in [2.45, 2.75) is 87.5 Å². The zero-order chi connectivity index (χ0) is 36.0. The fraction of sp³-hybridized carbons (Fsp3) is 0.364. The molecule has 0 unspecified atom stereocenters. The van der Waals surface area contributed by atoms with Crippen molar-refractivity contribution in [3.8, 4) is 22.4 Å². The van der Waals surface area contributed by atoms with Crippen molar-refractivity contribution in [1.82, 2.24) is 15.0 Å². The third-order valence-corrected chi connectivity index (χ3v) is 10.5. The van der Waals surface area contributed by atoms with Crippen molar-refractivity contribution in [3.05, 3.63) is 102 Å². The molecule has 1 radical (unpaired) electrons. The first kappa shape index (κ1) is 40.0. The number of pyridine rings is 1. The van der Waals surface area contributed by atoms with Crippen LogP contribution in [0.25, 0.3) is 53.5 Å². The van der Waals surface area contributed by atoms with Crippen molar-refractivity contribution in [2.75, 3.05) is 0 Å². The summed E-state index contributed by atoms with van der Waals surface area (Å²) in [5, 5.41) is 13.2. The van der Waals surface area contributed by atoms with Crippen molar-refractivity contribution >= 4 is 48.2 Å². The first-order valence-corrected chi connectivity index (χ1v) is 18.8. The zero-order valence-corrected chi connectivity index (χ0v) is 34.3. The van der Waals surface area contributed by atoms with Gasteiger partial charge in [0.1, 0.15) is 6.33 Å². The Bertz CT molecular complexity index is 2120. The van der Waals surface area contributed by atoms with Crippen LogP contribution in [-0.2, 0) is 31.3 Å². The zero-order valence-electron chi connectivity index (χ0n) is 31.1. The van der Waals surface area contributed by atoms with E-state index in [1.807, 2.05) is 40.8 Å². The van der Waals surface area contributed by atoms with Gasteiger partial charge in [0.2, 0.25) is 0 Å². The van der Waals surface area contributed by atoms with Gasteiger partial charge in [0.25, 0.3) is 0 Å². The van der Waals surface area contributed by atoms with Crippen LogP contribution in [0, 0.1) is 30.2 Å². The third kappa shape index (κ3) is 9.57. The first-order chi connectivity index (χ1) is 24.0. The van der Waals surface area contributed by atoms with E-state index < -0.39 is 0 Å². The monoisotopic (exact) mass is 877 g/mol. The van der Waals surface area contributed by atoms with Crippen LogP contribution in [-0.4, -0.2) is 25.8 Å². The number of ketones is 1. The van der Waals surface area contributed by atoms with Crippen LogP contribution in [0.5, 0.6) is 0 Å². The number of aliphatic hydroxyl groups excluding tert-OH is 1. The summed E-state index contributed by atoms with van der Waals surface area (Å²) >= 11 is 1.77. The number of carbonyl (C=O) groups excluding carboxylic acids is 1. The van der Waals surface area contributed by atoms with Gasteiger partial charge in [0.15, 0.2) is 5.78 Å². The van der Waals surface area contributed by atoms with Gasteiger partial charge >= 0.3 is 0 Å². The second-order valence-corrected chi connectivity index (χ2v) is 15.5. The molecule has 6 rings (SSSR count). The van der Waals surface area contributed by atoms with E-state index in [-0.39, 0.29) is 48.9 Å². The molecule has 0 atom stereocenters. The predicted octanol–water partition coefficient (Wildman–Crippen LogP) is 12.3. The summed E-state index contributed by atoms with van der Waals surface area (Å²) in [5.41, 5.74) is 7.77. The Hall–Kier alpha value is -3.77. The summed E-state index contributed by atoms with van der Waals surface area (Å²) < 4.78 is 2.36. The molecule has 0 aliphatic heterocycles. The number of hydrogen-bond donors (Lipinski definition) is 1. The minimum atomic E-state index is 0. The molecule has 0 saturated heterocycles. The van der Waals surface area contributed by atoms with E-state index in [4.69, 9.17) is 4.98 Å². The summed E-state index contributed by atoms with van der Waals surface area (Å²) in [7, 11) is 0. The third-order valence-electron chi connectivity index (χ3n) is 9.39. The maximum Gasteiger partial charge on any atom is 0.162 e. The number of aromatic nitrogens is 3. The van der Waals surface area contributed by atoms with Gasteiger partial charge in [0.05, 0.1) is 11.3 Å². The van der Waals surface area contributed by atoms with Crippen molar-refractivity contribution in [1.29, 1.82) is 0 Å². The molecule has 3 aromatic heterocycles. The Morgan fingerprint density at radius 1 is 0.882 bits per heavy atom. The average Bonchev–Trinajstić information content (AvgIpc) is 3.47. The Morgan fingerprint density at radius 3 is 2.24 bits per heavy atom. The number of benzene rings is 3. The van der Waals surface area contributed by atoms with Crippen LogP contribution in [0.15, 0.2) is 85.0 Å². The number of allylic oxidation sites excluding steroid dienone is 2. The SMILES string of the molecule is CCC(CC)C(=O)/C=C(\O)C(CC)CC.Cc1ccc(-c2cc(-c3ncnc4c3sc3cc(CC(C)(C)C)ccc34)[c-]c3ccccc23)cn1.[Ir]. The summed E-state index contributed by atoms with van der Waals surface area (Å²) in [4.78, 5) is 25.7. The Morgan fingerprint density at radius 2 is 1.59 bits per heavy atom. The maximum absolute atomic E-state index is 11.7. The Balaban J connectivity index is 0.000000312. The molecule has 0 spiro atoms. The van der Waals surface area contributed by atoms with E-state index in [0.717, 1.165) is 81.2 Å². The normalized spacial score (nSPS) is 12.0. The second-order valence-electron chi connectivity index (χ2n) is 14.4. The van der Waals surface area contributed by atoms with E-state index in [0.29, 0.717) is 0 Å². The molecule has 5 nitrogen and oxygen atoms in total. The number of carbonyl (C=O) groups is 1. The van der Waals surface area contributed by atoms with Gasteiger partial charge in [0, 0.05) is 70.4 Å². The molecule has 0 aliphatic rings. The van der Waals surface area contributed by atoms with E-state index in [1.54, 1.807) is 17.7 Å². The predicted molar refractivity (Wildman–Crippen MR) is 212 cm³/mol. The summed E-state index contributed by atoms with van der Waals surface area (Å²) in [5.74, 6) is 0.547. The van der Waals surface area contributed by atoms with Gasteiger partial charge in [-0.05, 0) is 67.7 Å². The van der Waals surface area contributed by atoms with Gasteiger partial charge in [-0.1, -0.05) is 101 Å². The number of rotatable bonds is 10. The van der Waals surface area contributed by atoms with Gasteiger partial charge in [-0.15, -0.1) is 34.9 Å². The standard InChI is InChI=1S/C31H26N3S.C13H24O2.Ir/c1-19-9-11-22(17-32-19)26-15-23(14-21-7-5-6-8-24(21)26)28-30-29(34-18-33-28)25-12-10-20(13-27(25)35-30)16-31(2,3)4;1-5-10(6-2)12(14)9-13(15)11(7-3)8-4;/h5-13,15,17-18H,16H2,1-4H3;9-11,14H,5-8H2,1-4H3;/q-1;;/b;12-9-;. The van der Waals surface area contributed by atoms with Gasteiger partial charge in [-0.25, -0.2) is 4.98 Å². The fourth-order valence-corrected chi connectivity index (χ4v) is 7.76. The molecule has 0 saturated carbocycles. The number of aryl methyl sites for hydroxylation is 1. The number of nitrogens with zero attached hydrogens (tertiary/aromatic N) is 3. The molecule has 0 bridgehead atoms. The summed E-state index contributed by atoms with van der Waals surface area (Å²) in [6.07, 6.45) is 9.58. The molecular formula is C44H50IrN3O2S-. The number of fused-ring (bicyclic) bond motifs is 4. The molecule has 0 amide bonds. The fourth-order valence-electron chi connectivity index (χ4n) is 6.54. The van der Waals surface area contributed by atoms with Gasteiger partial charge < -0.3 is 5.11 Å². The van der Waals surface area contributed by atoms with Crippen molar-refractivity contribution in [2.24, 2.45) is 17.3 Å². The van der Waals surface area contributed by atoms with Crippen molar-refractivity contribution in [3.63, 3.8) is 0 Å². The molecule has 3 aromatic carbocycles. The molecule has 0 fully saturated rings. The largest absolute Gasteiger partial charge is 0.512 e. The topological polar surface area (TPSA) is 76.0 Å². The molecule has 3 heterocycles. The summed E-state index contributed by atoms with van der Waals surface area (Å²) in [6, 6.07) is 25.2. The van der Waals surface area contributed by atoms with Crippen LogP contribution >= 0.6 is 11.3 Å². The van der Waals surface area contributed by atoms with Crippen LogP contribution in [0.2, 0.25) is 0 Å². The van der Waals surface area contributed by atoms with E-state index >= 15 is 0 Å². The Kier molecular flexibility index (Phi) is 13.8. The number of thiophene rings is 1. The molecule has 1 N–H and O–H groups in total. The van der Waals surface area contributed by atoms with Crippen LogP contribution < -0.4 is 0 Å². The molecule has 0 aliphatic carbocycles. The summed E-state index contributed by atoms with van der Waals surface area (Å²) in [6.45, 7) is 16.9. The molecule has 269 valence electrons. The van der Waals surface area contributed by atoms with E-state index in [1.165, 1.54) is 21.7 Å². The smallest absolute Gasteiger partial charge is 0.162 e. The molecule has 7 heteroatoms. The number of hydrogen-bond acceptors (Lipinski definition) is 6. The van der Waals surface area contributed by atoms with Crippen molar-refractivity contribution < 1.29 is 30.0 Å².